The van der Waals surface area contributed by atoms with Crippen LogP contribution in [0.15, 0.2) is 28.8 Å². The number of aryl methyl sites for hydroxylation is 3. The summed E-state index contributed by atoms with van der Waals surface area (Å²) in [4.78, 5) is 20.3. The molecule has 0 aliphatic carbocycles. The molecule has 0 radical (unpaired) electrons. The van der Waals surface area contributed by atoms with Crippen molar-refractivity contribution in [3.05, 3.63) is 46.6 Å². The highest BCUT2D eigenvalue weighted by Crippen LogP contribution is 2.31. The van der Waals surface area contributed by atoms with E-state index in [2.05, 4.69) is 40.4 Å². The maximum absolute atomic E-state index is 11.1. The number of nitrogens with one attached hydrogen (secondary N) is 1. The number of benzene rings is 1. The zero-order chi connectivity index (χ0) is 25.5. The molecule has 0 saturated heterocycles. The molecule has 0 bridgehead atoms. The molecule has 0 aliphatic heterocycles. The van der Waals surface area contributed by atoms with Crippen molar-refractivity contribution in [2.45, 2.75) is 53.6 Å². The molecular formula is C26H34N4O5. The highest BCUT2D eigenvalue weighted by molar-refractivity contribution is 5.76. The summed E-state index contributed by atoms with van der Waals surface area (Å²) in [5.74, 6) is 1.49. The number of hydrogen-bond donors (Lipinski definition) is 3. The van der Waals surface area contributed by atoms with E-state index in [1.54, 1.807) is 0 Å². The summed E-state index contributed by atoms with van der Waals surface area (Å²) in [5, 5.41) is 25.4. The van der Waals surface area contributed by atoms with E-state index in [4.69, 9.17) is 14.4 Å². The van der Waals surface area contributed by atoms with E-state index in [0.717, 1.165) is 28.8 Å². The molecule has 9 nitrogen and oxygen atoms in total. The fraction of sp³-hybridized carbons (Fsp3) is 0.462. The Balaban J connectivity index is 1.79. The molecule has 1 amide bonds. The van der Waals surface area contributed by atoms with Gasteiger partial charge in [0.1, 0.15) is 30.8 Å². The number of ether oxygens (including phenoxy) is 1. The molecule has 3 N–H and O–H groups in total. The molecule has 2 heterocycles. The van der Waals surface area contributed by atoms with Crippen LogP contribution in [-0.4, -0.2) is 57.1 Å². The minimum Gasteiger partial charge on any atom is -0.490 e. The van der Waals surface area contributed by atoms with Crippen LogP contribution < -0.4 is 10.1 Å². The van der Waals surface area contributed by atoms with Crippen LogP contribution in [0.3, 0.4) is 0 Å². The third-order valence-corrected chi connectivity index (χ3v) is 5.39. The van der Waals surface area contributed by atoms with Crippen molar-refractivity contribution < 1.29 is 24.3 Å². The molecule has 0 fully saturated rings. The summed E-state index contributed by atoms with van der Waals surface area (Å²) in [6, 6.07) is 7.94. The molecule has 0 aliphatic rings. The summed E-state index contributed by atoms with van der Waals surface area (Å²) < 4.78 is 11.4. The van der Waals surface area contributed by atoms with Crippen molar-refractivity contribution in [2.24, 2.45) is 5.92 Å². The molecule has 2 aromatic heterocycles. The normalized spacial score (nSPS) is 12.1. The average Bonchev–Trinajstić information content (AvgIpc) is 3.31. The zero-order valence-corrected chi connectivity index (χ0v) is 21.0. The maximum atomic E-state index is 11.1. The first-order chi connectivity index (χ1) is 16.7. The van der Waals surface area contributed by atoms with Gasteiger partial charge in [0.05, 0.1) is 0 Å². The first-order valence-corrected chi connectivity index (χ1v) is 11.8. The maximum Gasteiger partial charge on any atom is 0.276 e. The summed E-state index contributed by atoms with van der Waals surface area (Å²) in [6.45, 7) is 9.62. The molecule has 1 atom stereocenters. The van der Waals surface area contributed by atoms with Crippen LogP contribution in [0.2, 0.25) is 0 Å². The summed E-state index contributed by atoms with van der Waals surface area (Å²) >= 11 is 0. The van der Waals surface area contributed by atoms with Gasteiger partial charge in [-0.2, -0.15) is 4.98 Å². The van der Waals surface area contributed by atoms with Crippen LogP contribution >= 0.6 is 0 Å². The second kappa shape index (κ2) is 11.9. The van der Waals surface area contributed by atoms with Gasteiger partial charge in [-0.3, -0.25) is 4.79 Å². The van der Waals surface area contributed by atoms with Gasteiger partial charge in [-0.15, -0.1) is 0 Å². The largest absolute Gasteiger partial charge is 0.490 e. The van der Waals surface area contributed by atoms with Crippen molar-refractivity contribution >= 4 is 5.91 Å². The Morgan fingerprint density at radius 3 is 2.63 bits per heavy atom. The number of aliphatic hydroxyl groups is 2. The Kier molecular flexibility index (Phi) is 8.95. The zero-order valence-electron chi connectivity index (χ0n) is 21.0. The van der Waals surface area contributed by atoms with Gasteiger partial charge in [-0.05, 0) is 73.6 Å². The van der Waals surface area contributed by atoms with Crippen molar-refractivity contribution in [3.63, 3.8) is 0 Å². The lowest BCUT2D eigenvalue weighted by molar-refractivity contribution is -0.124. The third kappa shape index (κ3) is 7.10. The quantitative estimate of drug-likeness (QED) is 0.380. The predicted molar refractivity (Wildman–Crippen MR) is 132 cm³/mol. The summed E-state index contributed by atoms with van der Waals surface area (Å²) in [6.07, 6.45) is 0.737. The van der Waals surface area contributed by atoms with Crippen LogP contribution in [0, 0.1) is 19.8 Å². The van der Waals surface area contributed by atoms with Gasteiger partial charge >= 0.3 is 0 Å². The highest BCUT2D eigenvalue weighted by Gasteiger charge is 2.17. The monoisotopic (exact) mass is 482 g/mol. The smallest absolute Gasteiger partial charge is 0.276 e. The molecule has 9 heteroatoms. The molecule has 188 valence electrons. The number of aliphatic hydroxyl groups excluding tert-OH is 2. The van der Waals surface area contributed by atoms with Crippen LogP contribution in [0.1, 0.15) is 43.2 Å². The minimum atomic E-state index is -0.906. The minimum absolute atomic E-state index is 0.00297. The van der Waals surface area contributed by atoms with E-state index in [9.17, 15) is 9.90 Å². The highest BCUT2D eigenvalue weighted by atomic mass is 16.5. The standard InChI is InChI=1S/C26H34N4O5/c1-6-19-11-20(8-16(4)24(19)34-14-21(32)12-27-23(33)13-31)25-29-26(35-30-25)22-10-18(7-15(2)3)9-17(5)28-22/h8-11,15,21,31-32H,6-7,12-14H2,1-5H3,(H,27,33). The van der Waals surface area contributed by atoms with Gasteiger partial charge in [-0.25, -0.2) is 4.98 Å². The Bertz CT molecular complexity index is 1160. The van der Waals surface area contributed by atoms with Crippen molar-refractivity contribution in [2.75, 3.05) is 19.8 Å². The Labute approximate surface area is 205 Å². The fourth-order valence-corrected chi connectivity index (χ4v) is 3.85. The lowest BCUT2D eigenvalue weighted by Crippen LogP contribution is -2.36. The van der Waals surface area contributed by atoms with Gasteiger partial charge in [0.25, 0.3) is 5.89 Å². The number of pyridine rings is 1. The van der Waals surface area contributed by atoms with Crippen LogP contribution in [0.5, 0.6) is 5.75 Å². The molecule has 0 saturated carbocycles. The van der Waals surface area contributed by atoms with Gasteiger partial charge in [-0.1, -0.05) is 25.9 Å². The Morgan fingerprint density at radius 1 is 1.17 bits per heavy atom. The third-order valence-electron chi connectivity index (χ3n) is 5.39. The molecule has 1 aromatic carbocycles. The average molecular weight is 483 g/mol. The topological polar surface area (TPSA) is 131 Å². The Hall–Kier alpha value is -3.30. The SMILES string of the molecule is CCc1cc(-c2noc(-c3cc(CC(C)C)cc(C)n3)n2)cc(C)c1OCC(O)CNC(=O)CO. The fourth-order valence-electron chi connectivity index (χ4n) is 3.85. The van der Waals surface area contributed by atoms with Gasteiger partial charge in [0.2, 0.25) is 11.7 Å². The van der Waals surface area contributed by atoms with E-state index in [1.165, 1.54) is 5.56 Å². The number of amides is 1. The number of carbonyl (C=O) groups is 1. The molecule has 3 aromatic rings. The number of carbonyl (C=O) groups excluding carboxylic acids is 1. The second-order valence-electron chi connectivity index (χ2n) is 9.09. The predicted octanol–water partition coefficient (Wildman–Crippen LogP) is 3.02. The van der Waals surface area contributed by atoms with Gasteiger partial charge < -0.3 is 24.8 Å². The number of rotatable bonds is 11. The lowest BCUT2D eigenvalue weighted by Gasteiger charge is -2.17. The Morgan fingerprint density at radius 2 is 1.94 bits per heavy atom. The van der Waals surface area contributed by atoms with E-state index >= 15 is 0 Å². The van der Waals surface area contributed by atoms with Gasteiger partial charge in [0, 0.05) is 17.8 Å². The van der Waals surface area contributed by atoms with Crippen LogP contribution in [0.4, 0.5) is 0 Å². The lowest BCUT2D eigenvalue weighted by atomic mass is 10.0. The van der Waals surface area contributed by atoms with E-state index < -0.39 is 18.6 Å². The van der Waals surface area contributed by atoms with Gasteiger partial charge in [0.15, 0.2) is 0 Å². The van der Waals surface area contributed by atoms with E-state index in [-0.39, 0.29) is 13.2 Å². The number of aromatic nitrogens is 3. The van der Waals surface area contributed by atoms with Crippen molar-refractivity contribution in [3.8, 4) is 28.7 Å². The summed E-state index contributed by atoms with van der Waals surface area (Å²) in [7, 11) is 0. The first kappa shape index (κ1) is 26.3. The molecular weight excluding hydrogens is 448 g/mol. The van der Waals surface area contributed by atoms with Crippen molar-refractivity contribution in [1.82, 2.24) is 20.4 Å². The van der Waals surface area contributed by atoms with E-state index in [0.29, 0.717) is 35.5 Å². The molecule has 35 heavy (non-hydrogen) atoms. The van der Waals surface area contributed by atoms with Crippen LogP contribution in [-0.2, 0) is 17.6 Å². The summed E-state index contributed by atoms with van der Waals surface area (Å²) in [5.41, 5.74) is 5.35. The second-order valence-corrected chi connectivity index (χ2v) is 9.09. The molecule has 0 spiro atoms. The molecule has 1 unspecified atom stereocenters. The van der Waals surface area contributed by atoms with E-state index in [1.807, 2.05) is 39.0 Å². The number of nitrogens with zero attached hydrogens (tertiary/aromatic N) is 3. The number of hydrogen-bond acceptors (Lipinski definition) is 8. The first-order valence-electron chi connectivity index (χ1n) is 11.8. The van der Waals surface area contributed by atoms with Crippen molar-refractivity contribution in [1.29, 1.82) is 0 Å². The molecule has 3 rings (SSSR count). The van der Waals surface area contributed by atoms with Crippen LogP contribution in [0.25, 0.3) is 23.0 Å².